The van der Waals surface area contributed by atoms with Gasteiger partial charge in [0.15, 0.2) is 5.78 Å². The highest BCUT2D eigenvalue weighted by atomic mass is 79.9. The van der Waals surface area contributed by atoms with Gasteiger partial charge >= 0.3 is 0 Å². The van der Waals surface area contributed by atoms with Gasteiger partial charge in [-0.2, -0.15) is 0 Å². The number of quaternary nitrogens is 1. The van der Waals surface area contributed by atoms with Gasteiger partial charge in [-0.1, -0.05) is 38.3 Å². The van der Waals surface area contributed by atoms with Crippen LogP contribution in [0.2, 0.25) is 0 Å². The van der Waals surface area contributed by atoms with Crippen LogP contribution in [0.3, 0.4) is 0 Å². The molecule has 3 heterocycles. The Bertz CT molecular complexity index is 803. The van der Waals surface area contributed by atoms with Crippen LogP contribution in [0.1, 0.15) is 70.3 Å². The van der Waals surface area contributed by atoms with Crippen molar-refractivity contribution < 1.29 is 34.7 Å². The second-order valence-corrected chi connectivity index (χ2v) is 11.2. The molecule has 1 unspecified atom stereocenters. The molecule has 4 rings (SSSR count). The van der Waals surface area contributed by atoms with E-state index in [1.54, 1.807) is 0 Å². The maximum atomic E-state index is 13.1. The third-order valence-electron chi connectivity index (χ3n) is 7.14. The molecular weight excluding hydrogens is 476 g/mol. The topological polar surface area (TPSA) is 63.2 Å². The van der Waals surface area contributed by atoms with Crippen LogP contribution in [0, 0.1) is 5.92 Å². The molecule has 3 aliphatic rings. The van der Waals surface area contributed by atoms with Crippen molar-refractivity contribution >= 4 is 21.5 Å². The number of nitrogens with one attached hydrogen (secondary N) is 1. The molecule has 0 aliphatic carbocycles. The fourth-order valence-corrected chi connectivity index (χ4v) is 6.06. The molecule has 7 heteroatoms. The first-order valence-electron chi connectivity index (χ1n) is 11.8. The number of unbranched alkanes of at least 4 members (excludes halogenated alkanes) is 4. The Morgan fingerprint density at radius 2 is 1.65 bits per heavy atom. The Morgan fingerprint density at radius 3 is 2.26 bits per heavy atom. The van der Waals surface area contributed by atoms with Gasteiger partial charge in [0, 0.05) is 30.9 Å². The van der Waals surface area contributed by atoms with E-state index in [1.807, 2.05) is 24.3 Å². The predicted octanol–water partition coefficient (Wildman–Crippen LogP) is 1.53. The van der Waals surface area contributed by atoms with Gasteiger partial charge < -0.3 is 21.5 Å². The summed E-state index contributed by atoms with van der Waals surface area (Å²) in [5, 5.41) is 0. The average molecular weight is 516 g/mol. The van der Waals surface area contributed by atoms with E-state index in [2.05, 4.69) is 11.6 Å². The van der Waals surface area contributed by atoms with Crippen molar-refractivity contribution in [3.05, 3.63) is 29.8 Å². The lowest BCUT2D eigenvalue weighted by molar-refractivity contribution is -0.953. The predicted molar refractivity (Wildman–Crippen MR) is 123 cm³/mol. The summed E-state index contributed by atoms with van der Waals surface area (Å²) in [5.41, 5.74) is 1.79. The van der Waals surface area contributed by atoms with Crippen LogP contribution in [0.15, 0.2) is 24.3 Å². The number of hydrogen-bond donors (Lipinski definition) is 1. The second-order valence-electron chi connectivity index (χ2n) is 9.46. The smallest absolute Gasteiger partial charge is 0.229 e. The van der Waals surface area contributed by atoms with Crippen LogP contribution >= 0.6 is 0 Å². The molecule has 1 N–H and O–H groups in total. The number of piperidine rings is 3. The lowest BCUT2D eigenvalue weighted by Crippen LogP contribution is -3.00. The van der Waals surface area contributed by atoms with E-state index in [0.29, 0.717) is 17.4 Å². The number of benzene rings is 1. The van der Waals surface area contributed by atoms with Gasteiger partial charge in [0.1, 0.15) is 6.04 Å². The summed E-state index contributed by atoms with van der Waals surface area (Å²) in [4.78, 5) is 13.1. The minimum absolute atomic E-state index is 0. The third kappa shape index (κ3) is 7.29. The number of anilines is 1. The second kappa shape index (κ2) is 11.8. The zero-order valence-corrected chi connectivity index (χ0v) is 21.5. The number of rotatable bonds is 12. The number of sulfonamides is 1. The molecule has 1 aromatic rings. The molecule has 31 heavy (non-hydrogen) atoms. The molecule has 5 nitrogen and oxygen atoms in total. The monoisotopic (exact) mass is 514 g/mol. The quantitative estimate of drug-likeness (QED) is 0.339. The fraction of sp³-hybridized carbons (Fsp3) is 0.708. The first kappa shape index (κ1) is 26.3. The molecule has 3 aliphatic heterocycles. The standard InChI is InChI=1S/C24H39N2O3S.BrH/c1-3-4-5-6-7-17-26-18-15-21(16-19-26)24(27)23(26)10-8-9-20-11-13-22(14-12-20)25-30(2,28)29;/h11-14,21,23,25H,3-10,15-19H2,1-2H3;1H/q+1;/p-1. The van der Waals surface area contributed by atoms with E-state index < -0.39 is 10.0 Å². The number of carbonyl (C=O) groups excluding carboxylic acids is 1. The van der Waals surface area contributed by atoms with Crippen molar-refractivity contribution in [2.75, 3.05) is 30.6 Å². The molecule has 1 atom stereocenters. The maximum absolute atomic E-state index is 13.1. The summed E-state index contributed by atoms with van der Waals surface area (Å²) in [6.07, 6.45) is 12.7. The largest absolute Gasteiger partial charge is 1.00 e. The normalized spacial score (nSPS) is 25.3. The van der Waals surface area contributed by atoms with Gasteiger partial charge in [0.2, 0.25) is 10.0 Å². The van der Waals surface area contributed by atoms with Gasteiger partial charge in [-0.3, -0.25) is 9.52 Å². The molecule has 3 fully saturated rings. The van der Waals surface area contributed by atoms with Gasteiger partial charge in [0.25, 0.3) is 0 Å². The Morgan fingerprint density at radius 1 is 1.00 bits per heavy atom. The molecule has 0 saturated carbocycles. The fourth-order valence-electron chi connectivity index (χ4n) is 5.50. The van der Waals surface area contributed by atoms with E-state index in [0.717, 1.165) is 42.8 Å². The Labute approximate surface area is 199 Å². The number of aryl methyl sites for hydroxylation is 1. The van der Waals surface area contributed by atoms with Crippen molar-refractivity contribution in [2.24, 2.45) is 5.92 Å². The van der Waals surface area contributed by atoms with Crippen LogP contribution in [0.4, 0.5) is 5.69 Å². The van der Waals surface area contributed by atoms with Crippen LogP contribution in [0.5, 0.6) is 0 Å². The van der Waals surface area contributed by atoms with E-state index in [9.17, 15) is 13.2 Å². The molecule has 0 radical (unpaired) electrons. The van der Waals surface area contributed by atoms with E-state index in [4.69, 9.17) is 0 Å². The van der Waals surface area contributed by atoms with Crippen molar-refractivity contribution in [3.63, 3.8) is 0 Å². The molecule has 1 aromatic carbocycles. The summed E-state index contributed by atoms with van der Waals surface area (Å²) >= 11 is 0. The molecule has 3 saturated heterocycles. The first-order chi connectivity index (χ1) is 14.3. The van der Waals surface area contributed by atoms with Crippen LogP contribution in [-0.4, -0.2) is 50.6 Å². The summed E-state index contributed by atoms with van der Waals surface area (Å²) in [6.45, 7) is 5.82. The summed E-state index contributed by atoms with van der Waals surface area (Å²) < 4.78 is 26.2. The number of Topliss-reactive ketones (excluding diaryl/α,β-unsaturated/α-hetero) is 1. The van der Waals surface area contributed by atoms with Crippen LogP contribution in [0.25, 0.3) is 0 Å². The van der Waals surface area contributed by atoms with Crippen LogP contribution < -0.4 is 21.7 Å². The van der Waals surface area contributed by atoms with Gasteiger partial charge in [0.05, 0.1) is 25.9 Å². The van der Waals surface area contributed by atoms with E-state index in [-0.39, 0.29) is 23.0 Å². The molecule has 2 bridgehead atoms. The molecule has 0 spiro atoms. The zero-order chi connectivity index (χ0) is 21.6. The number of halogens is 1. The maximum Gasteiger partial charge on any atom is 0.229 e. The highest BCUT2D eigenvalue weighted by Gasteiger charge is 2.52. The van der Waals surface area contributed by atoms with Crippen molar-refractivity contribution in [1.29, 1.82) is 0 Å². The highest BCUT2D eigenvalue weighted by molar-refractivity contribution is 7.92. The molecule has 0 amide bonds. The molecule has 176 valence electrons. The lowest BCUT2D eigenvalue weighted by atomic mass is 9.77. The minimum Gasteiger partial charge on any atom is -1.00 e. The zero-order valence-electron chi connectivity index (χ0n) is 19.1. The molecule has 0 aromatic heterocycles. The van der Waals surface area contributed by atoms with E-state index >= 15 is 0 Å². The number of fused-ring (bicyclic) bond motifs is 3. The summed E-state index contributed by atoms with van der Waals surface area (Å²) in [5.74, 6) is 0.852. The van der Waals surface area contributed by atoms with Crippen LogP contribution in [-0.2, 0) is 21.2 Å². The Kier molecular flexibility index (Phi) is 10.0. The van der Waals surface area contributed by atoms with Gasteiger partial charge in [-0.25, -0.2) is 8.42 Å². The van der Waals surface area contributed by atoms with Gasteiger partial charge in [-0.15, -0.1) is 0 Å². The highest BCUT2D eigenvalue weighted by Crippen LogP contribution is 2.38. The SMILES string of the molecule is CCCCCCC[N+]12CCC(CC1)C(=O)C2CCCc1ccc(NS(C)(=O)=O)cc1.[Br-]. The Balaban J connectivity index is 0.00000341. The van der Waals surface area contributed by atoms with Crippen molar-refractivity contribution in [3.8, 4) is 0 Å². The number of carbonyl (C=O) groups is 1. The average Bonchev–Trinajstić information content (AvgIpc) is 2.71. The van der Waals surface area contributed by atoms with Crippen molar-refractivity contribution in [1.82, 2.24) is 0 Å². The summed E-state index contributed by atoms with van der Waals surface area (Å²) in [6, 6.07) is 7.81. The summed E-state index contributed by atoms with van der Waals surface area (Å²) in [7, 11) is -3.24. The van der Waals surface area contributed by atoms with E-state index in [1.165, 1.54) is 57.3 Å². The first-order valence-corrected chi connectivity index (χ1v) is 13.7. The number of ketones is 1. The van der Waals surface area contributed by atoms with Crippen molar-refractivity contribution in [2.45, 2.75) is 77.2 Å². The third-order valence-corrected chi connectivity index (χ3v) is 7.75. The Hall–Kier alpha value is -0.920. The molecular formula is C24H39BrN2O3S. The minimum atomic E-state index is -3.24. The number of hydrogen-bond acceptors (Lipinski definition) is 3. The lowest BCUT2D eigenvalue weighted by Gasteiger charge is -2.53. The number of nitrogens with zero attached hydrogens (tertiary/aromatic N) is 1. The van der Waals surface area contributed by atoms with Gasteiger partial charge in [-0.05, 0) is 43.4 Å².